The molecule has 1 aromatic rings. The molecule has 1 amide bonds. The molecule has 126 valence electrons. The van der Waals surface area contributed by atoms with Crippen molar-refractivity contribution in [3.05, 3.63) is 17.8 Å². The van der Waals surface area contributed by atoms with Crippen LogP contribution in [0.4, 0.5) is 5.82 Å². The summed E-state index contributed by atoms with van der Waals surface area (Å²) in [5.74, 6) is 0.771. The van der Waals surface area contributed by atoms with Crippen molar-refractivity contribution in [1.82, 2.24) is 20.0 Å². The fourth-order valence-corrected chi connectivity index (χ4v) is 3.13. The first-order valence-corrected chi connectivity index (χ1v) is 8.27. The maximum Gasteiger partial charge on any atom is 0.274 e. The largest absolute Gasteiger partial charge is 0.378 e. The zero-order valence-corrected chi connectivity index (χ0v) is 13.9. The summed E-state index contributed by atoms with van der Waals surface area (Å²) in [4.78, 5) is 18.8. The normalized spacial score (nSPS) is 20.5. The zero-order valence-electron chi connectivity index (χ0n) is 13.9. The van der Waals surface area contributed by atoms with E-state index in [-0.39, 0.29) is 5.91 Å². The van der Waals surface area contributed by atoms with Crippen LogP contribution in [0.2, 0.25) is 0 Å². The fraction of sp³-hybridized carbons (Fsp3) is 0.688. The molecule has 0 bridgehead atoms. The molecule has 23 heavy (non-hydrogen) atoms. The first kappa shape index (κ1) is 16.1. The van der Waals surface area contributed by atoms with Crippen molar-refractivity contribution in [1.29, 1.82) is 0 Å². The number of amides is 1. The lowest BCUT2D eigenvalue weighted by Gasteiger charge is -2.34. The van der Waals surface area contributed by atoms with Crippen molar-refractivity contribution >= 4 is 11.7 Å². The molecular formula is C16H25N5O2. The highest BCUT2D eigenvalue weighted by Crippen LogP contribution is 2.17. The summed E-state index contributed by atoms with van der Waals surface area (Å²) in [6, 6.07) is 3.96. The van der Waals surface area contributed by atoms with Gasteiger partial charge in [0.05, 0.1) is 13.2 Å². The second-order valence-electron chi connectivity index (χ2n) is 6.33. The Hall–Kier alpha value is -1.73. The van der Waals surface area contributed by atoms with Crippen LogP contribution >= 0.6 is 0 Å². The van der Waals surface area contributed by atoms with Gasteiger partial charge in [0.15, 0.2) is 11.5 Å². The Balaban J connectivity index is 1.62. The number of hydrogen-bond donors (Lipinski definition) is 0. The molecule has 3 heterocycles. The number of aromatic nitrogens is 2. The average molecular weight is 319 g/mol. The van der Waals surface area contributed by atoms with Crippen molar-refractivity contribution in [3.63, 3.8) is 0 Å². The van der Waals surface area contributed by atoms with Crippen LogP contribution < -0.4 is 4.90 Å². The van der Waals surface area contributed by atoms with E-state index in [4.69, 9.17) is 4.74 Å². The molecule has 0 atom stereocenters. The second kappa shape index (κ2) is 7.23. The molecule has 0 saturated carbocycles. The van der Waals surface area contributed by atoms with Crippen LogP contribution in [0.5, 0.6) is 0 Å². The Morgan fingerprint density at radius 1 is 1.17 bits per heavy atom. The number of morpholine rings is 1. The standard InChI is InChI=1S/C16H25N5O2/c1-19-7-5-13(6-8-19)20(2)16(22)14-3-4-15(18-17-14)21-9-11-23-12-10-21/h3-4,13H,5-12H2,1-2H3. The monoisotopic (exact) mass is 319 g/mol. The van der Waals surface area contributed by atoms with E-state index in [0.717, 1.165) is 44.8 Å². The van der Waals surface area contributed by atoms with Gasteiger partial charge >= 0.3 is 0 Å². The highest BCUT2D eigenvalue weighted by molar-refractivity contribution is 5.92. The van der Waals surface area contributed by atoms with Gasteiger partial charge in [-0.3, -0.25) is 4.79 Å². The average Bonchev–Trinajstić information content (AvgIpc) is 2.62. The van der Waals surface area contributed by atoms with E-state index in [1.807, 2.05) is 18.0 Å². The lowest BCUT2D eigenvalue weighted by Crippen LogP contribution is -2.44. The predicted molar refractivity (Wildman–Crippen MR) is 87.7 cm³/mol. The van der Waals surface area contributed by atoms with Gasteiger partial charge in [-0.1, -0.05) is 0 Å². The highest BCUT2D eigenvalue weighted by atomic mass is 16.5. The van der Waals surface area contributed by atoms with Crippen molar-refractivity contribution in [2.75, 3.05) is 58.4 Å². The molecular weight excluding hydrogens is 294 g/mol. The van der Waals surface area contributed by atoms with Crippen LogP contribution in [0, 0.1) is 0 Å². The quantitative estimate of drug-likeness (QED) is 0.807. The van der Waals surface area contributed by atoms with Gasteiger partial charge < -0.3 is 19.4 Å². The van der Waals surface area contributed by atoms with Crippen molar-refractivity contribution in [2.24, 2.45) is 0 Å². The van der Waals surface area contributed by atoms with E-state index in [2.05, 4.69) is 27.0 Å². The minimum absolute atomic E-state index is 0.0411. The third-order valence-corrected chi connectivity index (χ3v) is 4.76. The molecule has 0 aromatic carbocycles. The van der Waals surface area contributed by atoms with Gasteiger partial charge in [-0.25, -0.2) is 0 Å². The van der Waals surface area contributed by atoms with Crippen LogP contribution in [0.25, 0.3) is 0 Å². The molecule has 0 N–H and O–H groups in total. The van der Waals surface area contributed by atoms with Crippen molar-refractivity contribution in [3.8, 4) is 0 Å². The number of piperidine rings is 1. The molecule has 3 rings (SSSR count). The van der Waals surface area contributed by atoms with Gasteiger partial charge in [-0.2, -0.15) is 0 Å². The maximum absolute atomic E-state index is 12.6. The summed E-state index contributed by atoms with van der Waals surface area (Å²) in [6.45, 7) is 5.12. The summed E-state index contributed by atoms with van der Waals surface area (Å²) in [7, 11) is 3.99. The smallest absolute Gasteiger partial charge is 0.274 e. The summed E-state index contributed by atoms with van der Waals surface area (Å²) in [5, 5.41) is 8.38. The summed E-state index contributed by atoms with van der Waals surface area (Å²) in [6.07, 6.45) is 2.02. The number of likely N-dealkylation sites (tertiary alicyclic amines) is 1. The van der Waals surface area contributed by atoms with Crippen molar-refractivity contribution < 1.29 is 9.53 Å². The van der Waals surface area contributed by atoms with Gasteiger partial charge in [0.2, 0.25) is 0 Å². The van der Waals surface area contributed by atoms with E-state index in [9.17, 15) is 4.79 Å². The SMILES string of the molecule is CN1CCC(N(C)C(=O)c2ccc(N3CCOCC3)nn2)CC1. The molecule has 7 nitrogen and oxygen atoms in total. The Kier molecular flexibility index (Phi) is 5.07. The van der Waals surface area contributed by atoms with E-state index in [0.29, 0.717) is 24.9 Å². The number of nitrogens with zero attached hydrogens (tertiary/aromatic N) is 5. The molecule has 7 heteroatoms. The number of anilines is 1. The van der Waals surface area contributed by atoms with Gasteiger partial charge in [-0.05, 0) is 45.1 Å². The molecule has 1 aromatic heterocycles. The Morgan fingerprint density at radius 3 is 2.48 bits per heavy atom. The number of carbonyl (C=O) groups is 1. The first-order valence-electron chi connectivity index (χ1n) is 8.27. The van der Waals surface area contributed by atoms with Crippen LogP contribution in [-0.2, 0) is 4.74 Å². The highest BCUT2D eigenvalue weighted by Gasteiger charge is 2.25. The third-order valence-electron chi connectivity index (χ3n) is 4.76. The molecule has 2 aliphatic heterocycles. The molecule has 2 fully saturated rings. The minimum Gasteiger partial charge on any atom is -0.378 e. The number of carbonyl (C=O) groups excluding carboxylic acids is 1. The van der Waals surface area contributed by atoms with Crippen LogP contribution in [-0.4, -0.2) is 85.4 Å². The Morgan fingerprint density at radius 2 is 1.87 bits per heavy atom. The molecule has 2 aliphatic rings. The van der Waals surface area contributed by atoms with Crippen LogP contribution in [0.1, 0.15) is 23.3 Å². The van der Waals surface area contributed by atoms with E-state index in [1.54, 1.807) is 6.07 Å². The summed E-state index contributed by atoms with van der Waals surface area (Å²) >= 11 is 0. The predicted octanol–water partition coefficient (Wildman–Crippen LogP) is 0.479. The fourth-order valence-electron chi connectivity index (χ4n) is 3.13. The van der Waals surface area contributed by atoms with E-state index < -0.39 is 0 Å². The first-order chi connectivity index (χ1) is 11.1. The van der Waals surface area contributed by atoms with Gasteiger partial charge in [0.25, 0.3) is 5.91 Å². The number of ether oxygens (including phenoxy) is 1. The zero-order chi connectivity index (χ0) is 16.2. The summed E-state index contributed by atoms with van der Waals surface area (Å²) < 4.78 is 5.34. The van der Waals surface area contributed by atoms with Gasteiger partial charge in [-0.15, -0.1) is 10.2 Å². The molecule has 0 radical (unpaired) electrons. The summed E-state index contributed by atoms with van der Waals surface area (Å²) in [5.41, 5.74) is 0.420. The molecule has 0 aliphatic carbocycles. The lowest BCUT2D eigenvalue weighted by molar-refractivity contribution is 0.0652. The van der Waals surface area contributed by atoms with Gasteiger partial charge in [0, 0.05) is 26.2 Å². The molecule has 2 saturated heterocycles. The number of rotatable bonds is 3. The second-order valence-corrected chi connectivity index (χ2v) is 6.33. The third kappa shape index (κ3) is 3.79. The molecule has 0 unspecified atom stereocenters. The van der Waals surface area contributed by atoms with Crippen molar-refractivity contribution in [2.45, 2.75) is 18.9 Å². The van der Waals surface area contributed by atoms with E-state index >= 15 is 0 Å². The van der Waals surface area contributed by atoms with Gasteiger partial charge in [0.1, 0.15) is 0 Å². The van der Waals surface area contributed by atoms with Crippen LogP contribution in [0.15, 0.2) is 12.1 Å². The lowest BCUT2D eigenvalue weighted by atomic mass is 10.0. The molecule has 0 spiro atoms. The number of hydrogen-bond acceptors (Lipinski definition) is 6. The Bertz CT molecular complexity index is 522. The van der Waals surface area contributed by atoms with Crippen LogP contribution in [0.3, 0.4) is 0 Å². The topological polar surface area (TPSA) is 61.8 Å². The van der Waals surface area contributed by atoms with E-state index in [1.165, 1.54) is 0 Å². The minimum atomic E-state index is -0.0411. The Labute approximate surface area is 137 Å². The maximum atomic E-state index is 12.6.